The molecule has 1 aromatic heterocycles. The molecule has 5 nitrogen and oxygen atoms in total. The maximum atomic E-state index is 12.6. The molecule has 1 saturated heterocycles. The molecule has 2 amide bonds. The average molecular weight is 311 g/mol. The topological polar surface area (TPSA) is 54.7 Å². The highest BCUT2D eigenvalue weighted by atomic mass is 16.2. The molecule has 3 aliphatic rings. The van der Waals surface area contributed by atoms with Crippen LogP contribution in [-0.2, 0) is 16.1 Å². The monoisotopic (exact) mass is 311 g/mol. The van der Waals surface area contributed by atoms with Gasteiger partial charge in [0, 0.05) is 23.5 Å². The highest BCUT2D eigenvalue weighted by Crippen LogP contribution is 2.52. The molecule has 2 heterocycles. The van der Waals surface area contributed by atoms with Crippen molar-refractivity contribution in [3.8, 4) is 0 Å². The molecule has 0 spiro atoms. The Labute approximate surface area is 135 Å². The predicted molar refractivity (Wildman–Crippen MR) is 86.7 cm³/mol. The van der Waals surface area contributed by atoms with Crippen LogP contribution in [0.5, 0.6) is 0 Å². The van der Waals surface area contributed by atoms with Crippen LogP contribution >= 0.6 is 0 Å². The molecule has 1 saturated carbocycles. The molecule has 120 valence electrons. The summed E-state index contributed by atoms with van der Waals surface area (Å²) >= 11 is 0. The molecule has 4 rings (SSSR count). The SMILES string of the molecule is CCn1c(C)cc(C=NN2C(=O)C3C4C=CC(C4)C3C2=O)c1C. The normalized spacial score (nSPS) is 31.9. The van der Waals surface area contributed by atoms with E-state index >= 15 is 0 Å². The Morgan fingerprint density at radius 2 is 1.78 bits per heavy atom. The maximum absolute atomic E-state index is 12.6. The summed E-state index contributed by atoms with van der Waals surface area (Å²) in [5, 5.41) is 5.36. The molecule has 5 heteroatoms. The molecule has 23 heavy (non-hydrogen) atoms. The standard InChI is InChI=1S/C18H21N3O2/c1-4-20-10(2)7-14(11(20)3)9-19-21-17(22)15-12-5-6-13(8-12)16(15)18(21)23/h5-7,9,12-13,15-16H,4,8H2,1-3H3. The number of carbonyl (C=O) groups is 2. The average Bonchev–Trinajstić information content (AvgIpc) is 3.24. The van der Waals surface area contributed by atoms with Crippen molar-refractivity contribution in [2.24, 2.45) is 28.8 Å². The molecule has 0 N–H and O–H groups in total. The largest absolute Gasteiger partial charge is 0.349 e. The number of nitrogens with zero attached hydrogens (tertiary/aromatic N) is 3. The maximum Gasteiger partial charge on any atom is 0.254 e. The van der Waals surface area contributed by atoms with Crippen LogP contribution in [0.2, 0.25) is 0 Å². The van der Waals surface area contributed by atoms with Gasteiger partial charge in [0.2, 0.25) is 0 Å². The van der Waals surface area contributed by atoms with Crippen molar-refractivity contribution in [2.75, 3.05) is 0 Å². The van der Waals surface area contributed by atoms with E-state index < -0.39 is 0 Å². The molecule has 0 radical (unpaired) electrons. The summed E-state index contributed by atoms with van der Waals surface area (Å²) in [5.41, 5.74) is 3.22. The van der Waals surface area contributed by atoms with E-state index in [0.717, 1.165) is 34.9 Å². The van der Waals surface area contributed by atoms with E-state index in [-0.39, 0.29) is 35.5 Å². The first-order chi connectivity index (χ1) is 11.0. The van der Waals surface area contributed by atoms with Gasteiger partial charge in [0.05, 0.1) is 18.1 Å². The van der Waals surface area contributed by atoms with Gasteiger partial charge in [-0.05, 0) is 45.1 Å². The van der Waals surface area contributed by atoms with Gasteiger partial charge < -0.3 is 4.57 Å². The van der Waals surface area contributed by atoms with Gasteiger partial charge in [-0.3, -0.25) is 9.59 Å². The third-order valence-corrected chi connectivity index (χ3v) is 5.69. The number of allylic oxidation sites excluding steroid dienone is 2. The molecule has 2 bridgehead atoms. The van der Waals surface area contributed by atoms with Gasteiger partial charge in [0.15, 0.2) is 0 Å². The molecular formula is C18H21N3O2. The van der Waals surface area contributed by atoms with Crippen molar-refractivity contribution < 1.29 is 9.59 Å². The number of hydrogen-bond donors (Lipinski definition) is 0. The second-order valence-corrected chi connectivity index (χ2v) is 6.80. The minimum Gasteiger partial charge on any atom is -0.349 e. The minimum atomic E-state index is -0.183. The molecule has 2 aliphatic carbocycles. The Balaban J connectivity index is 1.61. The Morgan fingerprint density at radius 3 is 2.30 bits per heavy atom. The first-order valence-electron chi connectivity index (χ1n) is 8.29. The van der Waals surface area contributed by atoms with E-state index in [0.29, 0.717) is 0 Å². The Kier molecular flexibility index (Phi) is 3.08. The van der Waals surface area contributed by atoms with Crippen molar-refractivity contribution in [1.82, 2.24) is 9.58 Å². The first-order valence-corrected chi connectivity index (χ1v) is 8.29. The third-order valence-electron chi connectivity index (χ3n) is 5.69. The van der Waals surface area contributed by atoms with E-state index in [9.17, 15) is 9.59 Å². The molecule has 0 aromatic carbocycles. The van der Waals surface area contributed by atoms with Gasteiger partial charge in [-0.15, -0.1) is 0 Å². The third kappa shape index (κ3) is 1.89. The quantitative estimate of drug-likeness (QED) is 0.488. The Bertz CT molecular complexity index is 729. The highest BCUT2D eigenvalue weighted by molar-refractivity contribution is 6.06. The summed E-state index contributed by atoms with van der Waals surface area (Å²) in [6.07, 6.45) is 6.79. The molecule has 4 atom stereocenters. The smallest absolute Gasteiger partial charge is 0.254 e. The zero-order valence-corrected chi connectivity index (χ0v) is 13.7. The lowest BCUT2D eigenvalue weighted by atomic mass is 9.85. The van der Waals surface area contributed by atoms with Gasteiger partial charge in [0.1, 0.15) is 0 Å². The van der Waals surface area contributed by atoms with Crippen LogP contribution in [0.4, 0.5) is 0 Å². The van der Waals surface area contributed by atoms with Gasteiger partial charge in [0.25, 0.3) is 11.8 Å². The van der Waals surface area contributed by atoms with E-state index in [1.165, 1.54) is 0 Å². The number of imide groups is 1. The van der Waals surface area contributed by atoms with Gasteiger partial charge in [-0.1, -0.05) is 12.2 Å². The number of hydrazone groups is 1. The number of fused-ring (bicyclic) bond motifs is 5. The second kappa shape index (κ2) is 4.91. The fourth-order valence-corrected chi connectivity index (χ4v) is 4.57. The predicted octanol–water partition coefficient (Wildman–Crippen LogP) is 2.27. The van der Waals surface area contributed by atoms with Crippen LogP contribution in [0.1, 0.15) is 30.3 Å². The minimum absolute atomic E-state index is 0.127. The van der Waals surface area contributed by atoms with E-state index in [1.807, 2.05) is 19.9 Å². The van der Waals surface area contributed by atoms with Crippen molar-refractivity contribution in [2.45, 2.75) is 33.7 Å². The van der Waals surface area contributed by atoms with Gasteiger partial charge in [-0.2, -0.15) is 10.1 Å². The number of aryl methyl sites for hydroxylation is 1. The first kappa shape index (κ1) is 14.4. The van der Waals surface area contributed by atoms with Crippen LogP contribution in [-0.4, -0.2) is 27.6 Å². The summed E-state index contributed by atoms with van der Waals surface area (Å²) in [5.74, 6) is -0.163. The van der Waals surface area contributed by atoms with Crippen molar-refractivity contribution in [3.05, 3.63) is 35.2 Å². The van der Waals surface area contributed by atoms with E-state index in [4.69, 9.17) is 0 Å². The van der Waals surface area contributed by atoms with Crippen LogP contribution in [0.3, 0.4) is 0 Å². The number of hydrogen-bond acceptors (Lipinski definition) is 3. The lowest BCUT2D eigenvalue weighted by Gasteiger charge is -2.13. The summed E-state index contributed by atoms with van der Waals surface area (Å²) in [6, 6.07) is 2.04. The number of rotatable bonds is 3. The zero-order valence-electron chi connectivity index (χ0n) is 13.7. The van der Waals surface area contributed by atoms with Gasteiger partial charge in [-0.25, -0.2) is 0 Å². The summed E-state index contributed by atoms with van der Waals surface area (Å²) in [4.78, 5) is 25.1. The van der Waals surface area contributed by atoms with Crippen LogP contribution in [0.25, 0.3) is 0 Å². The second-order valence-electron chi connectivity index (χ2n) is 6.80. The van der Waals surface area contributed by atoms with E-state index in [2.05, 4.69) is 28.7 Å². The lowest BCUT2D eigenvalue weighted by Crippen LogP contribution is -2.28. The Morgan fingerprint density at radius 1 is 1.17 bits per heavy atom. The fourth-order valence-electron chi connectivity index (χ4n) is 4.57. The van der Waals surface area contributed by atoms with Crippen molar-refractivity contribution in [3.63, 3.8) is 0 Å². The lowest BCUT2D eigenvalue weighted by molar-refractivity contribution is -0.140. The van der Waals surface area contributed by atoms with Crippen LogP contribution in [0.15, 0.2) is 23.3 Å². The molecule has 4 unspecified atom stereocenters. The molecule has 1 aliphatic heterocycles. The summed E-state index contributed by atoms with van der Waals surface area (Å²) in [6.45, 7) is 7.07. The number of carbonyl (C=O) groups excluding carboxylic acids is 2. The fraction of sp³-hybridized carbons (Fsp3) is 0.500. The molecule has 1 aromatic rings. The number of aromatic nitrogens is 1. The van der Waals surface area contributed by atoms with Crippen molar-refractivity contribution in [1.29, 1.82) is 0 Å². The van der Waals surface area contributed by atoms with Crippen LogP contribution in [0, 0.1) is 37.5 Å². The van der Waals surface area contributed by atoms with Crippen LogP contribution < -0.4 is 0 Å². The Hall–Kier alpha value is -2.17. The summed E-state index contributed by atoms with van der Waals surface area (Å²) < 4.78 is 2.19. The van der Waals surface area contributed by atoms with Crippen molar-refractivity contribution >= 4 is 18.0 Å². The summed E-state index contributed by atoms with van der Waals surface area (Å²) in [7, 11) is 0. The molecular weight excluding hydrogens is 290 g/mol. The highest BCUT2D eigenvalue weighted by Gasteiger charge is 2.59. The number of amides is 2. The zero-order chi connectivity index (χ0) is 16.3. The molecule has 2 fully saturated rings. The van der Waals surface area contributed by atoms with Gasteiger partial charge >= 0.3 is 0 Å². The van der Waals surface area contributed by atoms with E-state index in [1.54, 1.807) is 6.21 Å².